The Labute approximate surface area is 130 Å². The van der Waals surface area contributed by atoms with Gasteiger partial charge in [-0.2, -0.15) is 0 Å². The van der Waals surface area contributed by atoms with Crippen LogP contribution in [0.4, 0.5) is 4.79 Å². The van der Waals surface area contributed by atoms with E-state index < -0.39 is 11.1 Å². The molecule has 0 unspecified atom stereocenters. The van der Waals surface area contributed by atoms with Gasteiger partial charge in [0.15, 0.2) is 0 Å². The summed E-state index contributed by atoms with van der Waals surface area (Å²) in [6, 6.07) is 3.38. The number of hydrogen-bond acceptors (Lipinski definition) is 6. The molecule has 3 amide bonds. The first-order valence-corrected chi connectivity index (χ1v) is 7.61. The standard InChI is InChI=1S/C14H14N2O5S/c17-12(15-3-6-20-7-4-15)9-16-13(18)11(22-14(16)19)8-10-2-1-5-21-10/h1-2,5,8H,3-4,6-7,9H2/b11-8+. The monoisotopic (exact) mass is 322 g/mol. The molecule has 0 aliphatic carbocycles. The lowest BCUT2D eigenvalue weighted by molar-refractivity contribution is -0.139. The molecule has 0 radical (unpaired) electrons. The fourth-order valence-corrected chi connectivity index (χ4v) is 3.01. The van der Waals surface area contributed by atoms with Crippen LogP contribution in [0.3, 0.4) is 0 Å². The first-order valence-electron chi connectivity index (χ1n) is 6.79. The zero-order valence-electron chi connectivity index (χ0n) is 11.7. The number of rotatable bonds is 3. The van der Waals surface area contributed by atoms with Crippen molar-refractivity contribution in [2.75, 3.05) is 32.8 Å². The highest BCUT2D eigenvalue weighted by Crippen LogP contribution is 2.32. The molecule has 1 aromatic heterocycles. The number of imide groups is 1. The summed E-state index contributed by atoms with van der Waals surface area (Å²) in [4.78, 5) is 39.2. The summed E-state index contributed by atoms with van der Waals surface area (Å²) in [5.41, 5.74) is 0. The lowest BCUT2D eigenvalue weighted by Gasteiger charge is -2.27. The maximum absolute atomic E-state index is 12.2. The normalized spacial score (nSPS) is 21.0. The molecule has 8 heteroatoms. The Morgan fingerprint density at radius 1 is 1.32 bits per heavy atom. The van der Waals surface area contributed by atoms with Crippen molar-refractivity contribution >= 4 is 34.9 Å². The summed E-state index contributed by atoms with van der Waals surface area (Å²) < 4.78 is 10.3. The van der Waals surface area contributed by atoms with E-state index in [-0.39, 0.29) is 17.4 Å². The Morgan fingerprint density at radius 2 is 2.09 bits per heavy atom. The molecule has 22 heavy (non-hydrogen) atoms. The number of carbonyl (C=O) groups is 3. The van der Waals surface area contributed by atoms with E-state index in [2.05, 4.69) is 0 Å². The molecule has 2 saturated heterocycles. The number of ether oxygens (including phenoxy) is 1. The van der Waals surface area contributed by atoms with Crippen LogP contribution in [0.25, 0.3) is 6.08 Å². The summed E-state index contributed by atoms with van der Waals surface area (Å²) in [5.74, 6) is -0.220. The van der Waals surface area contributed by atoms with Crippen molar-refractivity contribution in [1.82, 2.24) is 9.80 Å². The fourth-order valence-electron chi connectivity index (χ4n) is 2.19. The number of hydrogen-bond donors (Lipinski definition) is 0. The number of furan rings is 1. The molecule has 0 spiro atoms. The van der Waals surface area contributed by atoms with Crippen molar-refractivity contribution in [3.8, 4) is 0 Å². The average molecular weight is 322 g/mol. The van der Waals surface area contributed by atoms with Gasteiger partial charge in [-0.3, -0.25) is 19.3 Å². The van der Waals surface area contributed by atoms with Gasteiger partial charge >= 0.3 is 0 Å². The van der Waals surface area contributed by atoms with Crippen LogP contribution in [0, 0.1) is 0 Å². The summed E-state index contributed by atoms with van der Waals surface area (Å²) in [7, 11) is 0. The van der Waals surface area contributed by atoms with Crippen LogP contribution in [0.1, 0.15) is 5.76 Å². The molecule has 7 nitrogen and oxygen atoms in total. The highest BCUT2D eigenvalue weighted by atomic mass is 32.2. The Bertz CT molecular complexity index is 619. The number of nitrogens with zero attached hydrogens (tertiary/aromatic N) is 2. The number of carbonyl (C=O) groups excluding carboxylic acids is 3. The largest absolute Gasteiger partial charge is 0.465 e. The van der Waals surface area contributed by atoms with Gasteiger partial charge in [-0.05, 0) is 23.9 Å². The van der Waals surface area contributed by atoms with E-state index in [1.54, 1.807) is 17.0 Å². The zero-order valence-corrected chi connectivity index (χ0v) is 12.5. The Hall–Kier alpha value is -2.06. The van der Waals surface area contributed by atoms with Gasteiger partial charge in [-0.1, -0.05) is 0 Å². The molecule has 0 bridgehead atoms. The van der Waals surface area contributed by atoms with Crippen LogP contribution in [-0.4, -0.2) is 59.7 Å². The molecule has 1 aromatic rings. The molecule has 0 aromatic carbocycles. The third kappa shape index (κ3) is 3.07. The van der Waals surface area contributed by atoms with Crippen molar-refractivity contribution in [3.05, 3.63) is 29.1 Å². The predicted molar refractivity (Wildman–Crippen MR) is 78.8 cm³/mol. The van der Waals surface area contributed by atoms with Gasteiger partial charge in [0, 0.05) is 19.2 Å². The molecule has 2 fully saturated rings. The minimum absolute atomic E-state index is 0.236. The van der Waals surface area contributed by atoms with Gasteiger partial charge in [-0.15, -0.1) is 0 Å². The summed E-state index contributed by atoms with van der Waals surface area (Å²) in [6.45, 7) is 1.69. The highest BCUT2D eigenvalue weighted by molar-refractivity contribution is 8.18. The van der Waals surface area contributed by atoms with E-state index in [9.17, 15) is 14.4 Å². The maximum Gasteiger partial charge on any atom is 0.294 e. The first kappa shape index (κ1) is 14.9. The minimum atomic E-state index is -0.465. The number of morpholine rings is 1. The molecule has 0 saturated carbocycles. The second kappa shape index (κ2) is 6.37. The number of amides is 3. The summed E-state index contributed by atoms with van der Waals surface area (Å²) >= 11 is 0.812. The third-order valence-electron chi connectivity index (χ3n) is 3.35. The van der Waals surface area contributed by atoms with E-state index in [1.165, 1.54) is 12.3 Å². The topological polar surface area (TPSA) is 80.1 Å². The van der Waals surface area contributed by atoms with Gasteiger partial charge in [-0.25, -0.2) is 0 Å². The molecule has 0 N–H and O–H groups in total. The van der Waals surface area contributed by atoms with Gasteiger partial charge in [0.1, 0.15) is 12.3 Å². The zero-order chi connectivity index (χ0) is 15.5. The van der Waals surface area contributed by atoms with Crippen molar-refractivity contribution in [3.63, 3.8) is 0 Å². The van der Waals surface area contributed by atoms with Crippen LogP contribution >= 0.6 is 11.8 Å². The van der Waals surface area contributed by atoms with Crippen LogP contribution in [0.15, 0.2) is 27.7 Å². The second-order valence-electron chi connectivity index (χ2n) is 4.78. The van der Waals surface area contributed by atoms with E-state index >= 15 is 0 Å². The maximum atomic E-state index is 12.2. The van der Waals surface area contributed by atoms with Gasteiger partial charge in [0.2, 0.25) is 5.91 Å². The minimum Gasteiger partial charge on any atom is -0.465 e. The molecule has 3 heterocycles. The Morgan fingerprint density at radius 3 is 2.77 bits per heavy atom. The molecular weight excluding hydrogens is 308 g/mol. The van der Waals surface area contributed by atoms with Crippen LogP contribution in [-0.2, 0) is 14.3 Å². The van der Waals surface area contributed by atoms with Crippen LogP contribution < -0.4 is 0 Å². The van der Waals surface area contributed by atoms with E-state index in [0.29, 0.717) is 32.1 Å². The molecule has 2 aliphatic heterocycles. The number of thioether (sulfide) groups is 1. The second-order valence-corrected chi connectivity index (χ2v) is 5.77. The smallest absolute Gasteiger partial charge is 0.294 e. The first-order chi connectivity index (χ1) is 10.6. The van der Waals surface area contributed by atoms with Crippen molar-refractivity contribution < 1.29 is 23.5 Å². The van der Waals surface area contributed by atoms with E-state index in [0.717, 1.165) is 16.7 Å². The quantitative estimate of drug-likeness (QED) is 0.777. The summed E-state index contributed by atoms with van der Waals surface area (Å²) in [5, 5.41) is -0.440. The Kier molecular flexibility index (Phi) is 4.30. The van der Waals surface area contributed by atoms with E-state index in [4.69, 9.17) is 9.15 Å². The highest BCUT2D eigenvalue weighted by Gasteiger charge is 2.37. The third-order valence-corrected chi connectivity index (χ3v) is 4.25. The molecule has 3 rings (SSSR count). The van der Waals surface area contributed by atoms with Crippen LogP contribution in [0.5, 0.6) is 0 Å². The Balaban J connectivity index is 1.68. The fraction of sp³-hybridized carbons (Fsp3) is 0.357. The lowest BCUT2D eigenvalue weighted by atomic mass is 10.3. The molecule has 2 aliphatic rings. The van der Waals surface area contributed by atoms with Crippen molar-refractivity contribution in [1.29, 1.82) is 0 Å². The summed E-state index contributed by atoms with van der Waals surface area (Å²) in [6.07, 6.45) is 2.99. The van der Waals surface area contributed by atoms with Gasteiger partial charge in [0.25, 0.3) is 11.1 Å². The SMILES string of the molecule is O=C(CN1C(=O)S/C(=C/c2ccco2)C1=O)N1CCOCC1. The lowest BCUT2D eigenvalue weighted by Crippen LogP contribution is -2.46. The molecule has 116 valence electrons. The van der Waals surface area contributed by atoms with Gasteiger partial charge in [0.05, 0.1) is 24.4 Å². The molecule has 0 atom stereocenters. The van der Waals surface area contributed by atoms with Crippen LogP contribution in [0.2, 0.25) is 0 Å². The average Bonchev–Trinajstić information content (AvgIpc) is 3.12. The molecular formula is C14H14N2O5S. The van der Waals surface area contributed by atoms with Crippen molar-refractivity contribution in [2.45, 2.75) is 0 Å². The van der Waals surface area contributed by atoms with Gasteiger partial charge < -0.3 is 14.1 Å². The van der Waals surface area contributed by atoms with Crippen molar-refractivity contribution in [2.24, 2.45) is 0 Å². The predicted octanol–water partition coefficient (Wildman–Crippen LogP) is 1.17. The van der Waals surface area contributed by atoms with E-state index in [1.807, 2.05) is 0 Å².